The first-order valence-corrected chi connectivity index (χ1v) is 19.4. The molecule has 2 atom stereocenters. The number of hydrogen-bond donors (Lipinski definition) is 2. The van der Waals surface area contributed by atoms with Gasteiger partial charge in [-0.25, -0.2) is 17.5 Å². The fraction of sp³-hybridized carbons (Fsp3) is 0.606. The van der Waals surface area contributed by atoms with E-state index in [1.54, 1.807) is 47.3 Å². The minimum Gasteiger partial charge on any atom is -0.409 e. The minimum absolute atomic E-state index is 0.0352. The molecule has 11 nitrogen and oxygen atoms in total. The van der Waals surface area contributed by atoms with Crippen molar-refractivity contribution in [3.8, 4) is 5.75 Å². The van der Waals surface area contributed by atoms with E-state index in [9.17, 15) is 22.8 Å². The van der Waals surface area contributed by atoms with E-state index in [4.69, 9.17) is 16.3 Å². The number of thiophene rings is 1. The molecular formula is C33H46ClN5O6S2. The van der Waals surface area contributed by atoms with Crippen molar-refractivity contribution in [2.75, 3.05) is 32.7 Å². The second-order valence-electron chi connectivity index (χ2n) is 12.9. The molecule has 3 amide bonds. The van der Waals surface area contributed by atoms with Crippen LogP contribution in [-0.4, -0.2) is 96.5 Å². The van der Waals surface area contributed by atoms with Crippen LogP contribution in [-0.2, 0) is 26.2 Å². The van der Waals surface area contributed by atoms with Crippen LogP contribution in [0.25, 0.3) is 0 Å². The van der Waals surface area contributed by atoms with Crippen LogP contribution in [0.3, 0.4) is 0 Å². The van der Waals surface area contributed by atoms with Crippen molar-refractivity contribution < 1.29 is 27.5 Å². The SMILES string of the molecule is CC(C)S(=O)(=O)N1CCC([C@@H](NC2CCCCC2)C(=O)N2CCN(C(=O)Oc3ccccc3Cl)C[C@H]2C(=O)NCc2cccs2)CC1. The largest absolute Gasteiger partial charge is 0.415 e. The van der Waals surface area contributed by atoms with Gasteiger partial charge in [0.2, 0.25) is 21.8 Å². The number of nitrogens with zero attached hydrogens (tertiary/aromatic N) is 3. The Hall–Kier alpha value is -2.71. The molecule has 14 heteroatoms. The molecule has 0 radical (unpaired) electrons. The Labute approximate surface area is 287 Å². The standard InChI is InChI=1S/C33H46ClN5O6S2/c1-23(2)47(43,44)38-16-14-24(15-17-38)30(36-25-9-4-3-5-10-25)32(41)39-19-18-37(33(42)45-29-13-7-6-12-27(29)34)22-28(39)31(40)35-21-26-11-8-20-46-26/h6-8,11-13,20,23-25,28,30,36H,3-5,9-10,14-19,21-22H2,1-2H3,(H,35,40)/t28-,30+/m0/s1. The smallest absolute Gasteiger partial charge is 0.409 e. The molecule has 1 saturated carbocycles. The Balaban J connectivity index is 1.36. The lowest BCUT2D eigenvalue weighted by Crippen LogP contribution is -2.66. The Morgan fingerprint density at radius 1 is 0.979 bits per heavy atom. The van der Waals surface area contributed by atoms with Crippen molar-refractivity contribution in [3.63, 3.8) is 0 Å². The van der Waals surface area contributed by atoms with E-state index >= 15 is 0 Å². The maximum absolute atomic E-state index is 14.6. The van der Waals surface area contributed by atoms with Gasteiger partial charge in [-0.15, -0.1) is 11.3 Å². The van der Waals surface area contributed by atoms with Gasteiger partial charge in [0.15, 0.2) is 5.75 Å². The molecule has 2 saturated heterocycles. The zero-order valence-electron chi connectivity index (χ0n) is 27.1. The Morgan fingerprint density at radius 2 is 1.70 bits per heavy atom. The third-order valence-electron chi connectivity index (χ3n) is 9.49. The molecule has 3 heterocycles. The number of para-hydroxylation sites is 1. The van der Waals surface area contributed by atoms with Crippen LogP contribution in [0.2, 0.25) is 5.02 Å². The summed E-state index contributed by atoms with van der Waals surface area (Å²) in [7, 11) is -3.39. The second kappa shape index (κ2) is 16.1. The summed E-state index contributed by atoms with van der Waals surface area (Å²) in [4.78, 5) is 45.7. The second-order valence-corrected chi connectivity index (χ2v) is 16.8. The predicted molar refractivity (Wildman–Crippen MR) is 183 cm³/mol. The molecule has 258 valence electrons. The van der Waals surface area contributed by atoms with E-state index in [2.05, 4.69) is 10.6 Å². The summed E-state index contributed by atoms with van der Waals surface area (Å²) in [6.07, 6.45) is 5.72. The van der Waals surface area contributed by atoms with Gasteiger partial charge in [0.05, 0.1) is 29.4 Å². The molecule has 0 spiro atoms. The van der Waals surface area contributed by atoms with E-state index < -0.39 is 33.5 Å². The molecule has 1 aromatic heterocycles. The number of hydrogen-bond acceptors (Lipinski definition) is 8. The summed E-state index contributed by atoms with van der Waals surface area (Å²) < 4.78 is 32.9. The van der Waals surface area contributed by atoms with Crippen LogP contribution in [0, 0.1) is 5.92 Å². The van der Waals surface area contributed by atoms with Gasteiger partial charge in [0.1, 0.15) is 6.04 Å². The van der Waals surface area contributed by atoms with Gasteiger partial charge < -0.3 is 25.2 Å². The summed E-state index contributed by atoms with van der Waals surface area (Å²) >= 11 is 7.75. The van der Waals surface area contributed by atoms with Gasteiger partial charge in [0, 0.05) is 37.1 Å². The van der Waals surface area contributed by atoms with Gasteiger partial charge in [-0.2, -0.15) is 0 Å². The van der Waals surface area contributed by atoms with E-state index in [-0.39, 0.29) is 49.2 Å². The van der Waals surface area contributed by atoms with Crippen LogP contribution < -0.4 is 15.4 Å². The number of halogens is 1. The van der Waals surface area contributed by atoms with E-state index in [1.165, 1.54) is 22.7 Å². The van der Waals surface area contributed by atoms with Crippen molar-refractivity contribution >= 4 is 50.9 Å². The van der Waals surface area contributed by atoms with Crippen LogP contribution in [0.4, 0.5) is 4.79 Å². The average molecular weight is 708 g/mol. The quantitative estimate of drug-likeness (QED) is 0.373. The molecular weight excluding hydrogens is 662 g/mol. The monoisotopic (exact) mass is 707 g/mol. The third-order valence-corrected chi connectivity index (χ3v) is 13.0. The van der Waals surface area contributed by atoms with E-state index in [0.717, 1.165) is 30.6 Å². The number of carbonyl (C=O) groups is 3. The fourth-order valence-electron chi connectivity index (χ4n) is 6.70. The number of rotatable bonds is 10. The minimum atomic E-state index is -3.39. The topological polar surface area (TPSA) is 128 Å². The first-order chi connectivity index (χ1) is 22.5. The van der Waals surface area contributed by atoms with Crippen LogP contribution in [0.15, 0.2) is 41.8 Å². The van der Waals surface area contributed by atoms with Gasteiger partial charge >= 0.3 is 6.09 Å². The van der Waals surface area contributed by atoms with Gasteiger partial charge in [-0.1, -0.05) is 49.1 Å². The summed E-state index contributed by atoms with van der Waals surface area (Å²) in [6, 6.07) is 9.19. The van der Waals surface area contributed by atoms with E-state index in [0.29, 0.717) is 37.5 Å². The van der Waals surface area contributed by atoms with Gasteiger partial charge in [-0.05, 0) is 69.0 Å². The van der Waals surface area contributed by atoms with E-state index in [1.807, 2.05) is 17.5 Å². The number of amides is 3. The normalized spacial score (nSPS) is 21.1. The highest BCUT2D eigenvalue weighted by Crippen LogP contribution is 2.29. The molecule has 2 N–H and O–H groups in total. The first kappa shape index (κ1) is 35.6. The zero-order chi connectivity index (χ0) is 33.6. The molecule has 1 aromatic carbocycles. The molecule has 2 aromatic rings. The number of ether oxygens (including phenoxy) is 1. The van der Waals surface area contributed by atoms with Crippen molar-refractivity contribution in [2.45, 2.75) is 88.7 Å². The molecule has 5 rings (SSSR count). The lowest BCUT2D eigenvalue weighted by molar-refractivity contribution is -0.146. The Bertz CT molecular complexity index is 1480. The highest BCUT2D eigenvalue weighted by Gasteiger charge is 2.44. The number of benzene rings is 1. The van der Waals surface area contributed by atoms with Crippen LogP contribution in [0.5, 0.6) is 5.75 Å². The van der Waals surface area contributed by atoms with Gasteiger partial charge in [-0.3, -0.25) is 9.59 Å². The Kier molecular flexibility index (Phi) is 12.2. The van der Waals surface area contributed by atoms with Crippen molar-refractivity contribution in [2.24, 2.45) is 5.92 Å². The third kappa shape index (κ3) is 8.86. The van der Waals surface area contributed by atoms with Gasteiger partial charge in [0.25, 0.3) is 0 Å². The number of piperazine rings is 1. The molecule has 0 unspecified atom stereocenters. The average Bonchev–Trinajstić information content (AvgIpc) is 3.61. The first-order valence-electron chi connectivity index (χ1n) is 16.6. The summed E-state index contributed by atoms with van der Waals surface area (Å²) in [5.41, 5.74) is 0. The molecule has 2 aliphatic heterocycles. The fourth-order valence-corrected chi connectivity index (χ4v) is 8.84. The lowest BCUT2D eigenvalue weighted by atomic mass is 9.86. The van der Waals surface area contributed by atoms with Crippen molar-refractivity contribution in [3.05, 3.63) is 51.7 Å². The maximum atomic E-state index is 14.6. The summed E-state index contributed by atoms with van der Waals surface area (Å²) in [5, 5.41) is 8.37. The number of sulfonamides is 1. The highest BCUT2D eigenvalue weighted by atomic mass is 35.5. The zero-order valence-corrected chi connectivity index (χ0v) is 29.5. The highest BCUT2D eigenvalue weighted by molar-refractivity contribution is 7.89. The van der Waals surface area contributed by atoms with Crippen LogP contribution >= 0.6 is 22.9 Å². The summed E-state index contributed by atoms with van der Waals surface area (Å²) in [6.45, 7) is 4.69. The van der Waals surface area contributed by atoms with Crippen molar-refractivity contribution in [1.82, 2.24) is 24.7 Å². The maximum Gasteiger partial charge on any atom is 0.415 e. The number of piperidine rings is 1. The molecule has 3 fully saturated rings. The number of nitrogens with one attached hydrogen (secondary N) is 2. The predicted octanol–water partition coefficient (Wildman–Crippen LogP) is 4.47. The molecule has 47 heavy (non-hydrogen) atoms. The molecule has 3 aliphatic rings. The number of carbonyl (C=O) groups excluding carboxylic acids is 3. The summed E-state index contributed by atoms with van der Waals surface area (Å²) in [5.74, 6) is -0.410. The Morgan fingerprint density at radius 3 is 2.36 bits per heavy atom. The van der Waals surface area contributed by atoms with Crippen LogP contribution in [0.1, 0.15) is 63.7 Å². The lowest BCUT2D eigenvalue weighted by Gasteiger charge is -2.44. The van der Waals surface area contributed by atoms with Crippen molar-refractivity contribution in [1.29, 1.82) is 0 Å². The molecule has 1 aliphatic carbocycles. The molecule has 0 bridgehead atoms.